The van der Waals surface area contributed by atoms with E-state index in [1.807, 2.05) is 13.8 Å². The Hall–Kier alpha value is -2.11. The van der Waals surface area contributed by atoms with Gasteiger partial charge in [-0.15, -0.1) is 0 Å². The third kappa shape index (κ3) is 3.05. The van der Waals surface area contributed by atoms with Gasteiger partial charge in [0.05, 0.1) is 6.04 Å². The molecule has 1 saturated heterocycles. The van der Waals surface area contributed by atoms with E-state index < -0.39 is 0 Å². The van der Waals surface area contributed by atoms with Gasteiger partial charge in [-0.1, -0.05) is 24.3 Å². The van der Waals surface area contributed by atoms with Crippen LogP contribution >= 0.6 is 0 Å². The smallest absolute Gasteiger partial charge is 0.232 e. The molecule has 118 valence electrons. The minimum absolute atomic E-state index is 0.352. The van der Waals surface area contributed by atoms with E-state index in [0.717, 1.165) is 32.0 Å². The summed E-state index contributed by atoms with van der Waals surface area (Å²) in [7, 11) is 0. The van der Waals surface area contributed by atoms with Gasteiger partial charge in [0.15, 0.2) is 0 Å². The summed E-state index contributed by atoms with van der Waals surface area (Å²) in [5, 5.41) is 6.39. The summed E-state index contributed by atoms with van der Waals surface area (Å²) < 4.78 is 0. The summed E-state index contributed by atoms with van der Waals surface area (Å²) in [5.74, 6) is 2.60. The largest absolute Gasteiger partial charge is 0.354 e. The summed E-state index contributed by atoms with van der Waals surface area (Å²) in [6.45, 7) is 6.66. The second-order valence-corrected chi connectivity index (χ2v) is 5.60. The highest BCUT2D eigenvalue weighted by Crippen LogP contribution is 2.31. The van der Waals surface area contributed by atoms with E-state index in [0.29, 0.717) is 23.9 Å². The first-order chi connectivity index (χ1) is 10.8. The third-order valence-electron chi connectivity index (χ3n) is 4.06. The molecule has 0 radical (unpaired) electrons. The molecule has 1 fully saturated rings. The van der Waals surface area contributed by atoms with Crippen molar-refractivity contribution in [3.8, 4) is 0 Å². The van der Waals surface area contributed by atoms with Crippen molar-refractivity contribution in [3.05, 3.63) is 24.3 Å². The molecule has 0 bridgehead atoms. The molecule has 3 rings (SSSR count). The molecule has 6 nitrogen and oxygen atoms in total. The van der Waals surface area contributed by atoms with Crippen LogP contribution in [0.2, 0.25) is 0 Å². The van der Waals surface area contributed by atoms with E-state index in [-0.39, 0.29) is 0 Å². The Balaban J connectivity index is 1.91. The van der Waals surface area contributed by atoms with Crippen LogP contribution in [0.3, 0.4) is 0 Å². The van der Waals surface area contributed by atoms with Crippen LogP contribution in [0.15, 0.2) is 24.3 Å². The van der Waals surface area contributed by atoms with Crippen LogP contribution in [-0.4, -0.2) is 40.6 Å². The topological polar surface area (TPSA) is 66.0 Å². The minimum Gasteiger partial charge on any atom is -0.354 e. The van der Waals surface area contributed by atoms with Gasteiger partial charge in [0, 0.05) is 25.6 Å². The van der Waals surface area contributed by atoms with Crippen LogP contribution in [0.1, 0.15) is 26.7 Å². The molecule has 2 atom stereocenters. The summed E-state index contributed by atoms with van der Waals surface area (Å²) in [4.78, 5) is 15.9. The van der Waals surface area contributed by atoms with Crippen LogP contribution < -0.4 is 15.5 Å². The van der Waals surface area contributed by atoms with E-state index in [2.05, 4.69) is 54.8 Å². The first-order valence-electron chi connectivity index (χ1n) is 8.17. The number of aromatic nitrogens is 3. The number of allylic oxidation sites excluding steroid dienone is 2. The van der Waals surface area contributed by atoms with Gasteiger partial charge in [-0.2, -0.15) is 15.0 Å². The summed E-state index contributed by atoms with van der Waals surface area (Å²) in [6.07, 6.45) is 11.2. The molecule has 1 aliphatic carbocycles. The fourth-order valence-electron chi connectivity index (χ4n) is 3.09. The number of rotatable bonds is 5. The molecule has 22 heavy (non-hydrogen) atoms. The van der Waals surface area contributed by atoms with E-state index in [1.165, 1.54) is 6.42 Å². The van der Waals surface area contributed by atoms with E-state index >= 15 is 0 Å². The predicted molar refractivity (Wildman–Crippen MR) is 90.3 cm³/mol. The van der Waals surface area contributed by atoms with Crippen molar-refractivity contribution in [1.29, 1.82) is 0 Å². The van der Waals surface area contributed by atoms with Crippen LogP contribution in [0.25, 0.3) is 0 Å². The monoisotopic (exact) mass is 300 g/mol. The molecule has 1 aromatic heterocycles. The molecule has 2 N–H and O–H groups in total. The second-order valence-electron chi connectivity index (χ2n) is 5.60. The Kier molecular flexibility index (Phi) is 4.56. The van der Waals surface area contributed by atoms with Crippen molar-refractivity contribution in [2.75, 3.05) is 35.2 Å². The highest BCUT2D eigenvalue weighted by molar-refractivity contribution is 5.46. The average Bonchev–Trinajstić information content (AvgIpc) is 2.55. The van der Waals surface area contributed by atoms with E-state index in [1.54, 1.807) is 0 Å². The number of piperidine rings is 1. The number of nitrogens with one attached hydrogen (secondary N) is 2. The highest BCUT2D eigenvalue weighted by atomic mass is 15.3. The van der Waals surface area contributed by atoms with Crippen molar-refractivity contribution < 1.29 is 0 Å². The Morgan fingerprint density at radius 3 is 2.41 bits per heavy atom. The quantitative estimate of drug-likeness (QED) is 0.871. The molecule has 0 amide bonds. The number of hydrogen-bond acceptors (Lipinski definition) is 6. The van der Waals surface area contributed by atoms with Gasteiger partial charge in [0.25, 0.3) is 0 Å². The Morgan fingerprint density at radius 2 is 1.73 bits per heavy atom. The molecule has 1 aromatic rings. The van der Waals surface area contributed by atoms with Crippen molar-refractivity contribution in [1.82, 2.24) is 15.0 Å². The normalized spacial score (nSPS) is 23.3. The third-order valence-corrected chi connectivity index (χ3v) is 4.06. The lowest BCUT2D eigenvalue weighted by Crippen LogP contribution is -2.45. The number of nitrogens with zero attached hydrogens (tertiary/aromatic N) is 4. The first kappa shape index (κ1) is 14.8. The minimum atomic E-state index is 0.352. The van der Waals surface area contributed by atoms with Gasteiger partial charge < -0.3 is 15.5 Å². The van der Waals surface area contributed by atoms with Gasteiger partial charge in [-0.25, -0.2) is 0 Å². The van der Waals surface area contributed by atoms with Crippen molar-refractivity contribution in [2.45, 2.75) is 32.7 Å². The summed E-state index contributed by atoms with van der Waals surface area (Å²) >= 11 is 0. The molecule has 1 aliphatic heterocycles. The molecule has 2 heterocycles. The fourth-order valence-corrected chi connectivity index (χ4v) is 3.09. The highest BCUT2D eigenvalue weighted by Gasteiger charge is 2.31. The molecule has 0 spiro atoms. The van der Waals surface area contributed by atoms with Crippen LogP contribution in [0, 0.1) is 5.92 Å². The standard InChI is InChI=1S/C16H24N6/c1-3-17-14-19-15(18-4-2)21-16(20-14)22-11-7-9-12-8-5-6-10-13(12)22/h5-6,8,10,12-13H,3-4,7,9,11H2,1-2H3,(H2,17,18,19,20,21). The van der Waals surface area contributed by atoms with Crippen LogP contribution in [0.5, 0.6) is 0 Å². The molecule has 6 heteroatoms. The SMILES string of the molecule is CCNc1nc(NCC)nc(N2CCCC3C=CC=CC32)n1. The zero-order valence-corrected chi connectivity index (χ0v) is 13.3. The fraction of sp³-hybridized carbons (Fsp3) is 0.562. The van der Waals surface area contributed by atoms with Crippen molar-refractivity contribution in [2.24, 2.45) is 5.92 Å². The predicted octanol–water partition coefficient (Wildman–Crippen LogP) is 2.45. The number of hydrogen-bond donors (Lipinski definition) is 2. The maximum Gasteiger partial charge on any atom is 0.232 e. The van der Waals surface area contributed by atoms with E-state index in [4.69, 9.17) is 0 Å². The van der Waals surface area contributed by atoms with Gasteiger partial charge in [0.2, 0.25) is 17.8 Å². The van der Waals surface area contributed by atoms with Crippen LogP contribution in [0.4, 0.5) is 17.8 Å². The zero-order chi connectivity index (χ0) is 15.4. The Morgan fingerprint density at radius 1 is 1.05 bits per heavy atom. The lowest BCUT2D eigenvalue weighted by molar-refractivity contribution is 0.416. The van der Waals surface area contributed by atoms with E-state index in [9.17, 15) is 0 Å². The lowest BCUT2D eigenvalue weighted by atomic mass is 9.86. The molecule has 0 aromatic carbocycles. The maximum absolute atomic E-state index is 4.61. The second kappa shape index (κ2) is 6.77. The maximum atomic E-state index is 4.61. The molecule has 2 unspecified atom stereocenters. The van der Waals surface area contributed by atoms with Gasteiger partial charge in [0.1, 0.15) is 0 Å². The summed E-state index contributed by atoms with van der Waals surface area (Å²) in [6, 6.07) is 0.352. The molecular weight excluding hydrogens is 276 g/mol. The van der Waals surface area contributed by atoms with Crippen molar-refractivity contribution >= 4 is 17.8 Å². The zero-order valence-electron chi connectivity index (χ0n) is 13.3. The molecular formula is C16H24N6. The Labute approximate surface area is 131 Å². The lowest BCUT2D eigenvalue weighted by Gasteiger charge is -2.39. The number of anilines is 3. The van der Waals surface area contributed by atoms with Crippen molar-refractivity contribution in [3.63, 3.8) is 0 Å². The van der Waals surface area contributed by atoms with Crippen LogP contribution in [-0.2, 0) is 0 Å². The van der Waals surface area contributed by atoms with Gasteiger partial charge in [-0.05, 0) is 26.7 Å². The van der Waals surface area contributed by atoms with Gasteiger partial charge >= 0.3 is 0 Å². The number of fused-ring (bicyclic) bond motifs is 1. The molecule has 0 saturated carbocycles. The average molecular weight is 300 g/mol. The molecule has 2 aliphatic rings. The Bertz CT molecular complexity index is 544. The first-order valence-corrected chi connectivity index (χ1v) is 8.17. The summed E-state index contributed by atoms with van der Waals surface area (Å²) in [5.41, 5.74) is 0. The van der Waals surface area contributed by atoms with Gasteiger partial charge in [-0.3, -0.25) is 0 Å².